The molecule has 0 unspecified atom stereocenters. The number of hydrogen-bond donors (Lipinski definition) is 0. The lowest BCUT2D eigenvalue weighted by atomic mass is 10.2. The lowest BCUT2D eigenvalue weighted by Crippen LogP contribution is -2.32. The summed E-state index contributed by atoms with van der Waals surface area (Å²) in [6.07, 6.45) is 7.37. The van der Waals surface area contributed by atoms with Crippen LogP contribution in [0.15, 0.2) is 36.9 Å². The third kappa shape index (κ3) is 1.01. The zero-order valence-corrected chi connectivity index (χ0v) is 10.9. The molecule has 0 saturated heterocycles. The number of fused-ring (bicyclic) bond motifs is 7. The first-order valence-electron chi connectivity index (χ1n) is 6.49. The second kappa shape index (κ2) is 3.22. The Morgan fingerprint density at radius 1 is 1.30 bits per heavy atom. The van der Waals surface area contributed by atoms with Crippen LogP contribution in [0.2, 0.25) is 0 Å². The van der Waals surface area contributed by atoms with E-state index in [4.69, 9.17) is 0 Å². The van der Waals surface area contributed by atoms with Gasteiger partial charge in [0.1, 0.15) is 5.69 Å². The van der Waals surface area contributed by atoms with Crippen LogP contribution in [0.1, 0.15) is 5.56 Å². The maximum absolute atomic E-state index is 4.67. The van der Waals surface area contributed by atoms with E-state index in [2.05, 4.69) is 34.6 Å². The summed E-state index contributed by atoms with van der Waals surface area (Å²) in [7, 11) is 2.04. The minimum absolute atomic E-state index is 0.839. The number of pyridine rings is 1. The van der Waals surface area contributed by atoms with Crippen LogP contribution < -0.4 is 4.57 Å². The molecule has 1 aliphatic heterocycles. The Morgan fingerprint density at radius 3 is 3.20 bits per heavy atom. The molecule has 0 bridgehead atoms. The van der Waals surface area contributed by atoms with Gasteiger partial charge in [-0.2, -0.15) is 4.98 Å². The van der Waals surface area contributed by atoms with Crippen LogP contribution in [0, 0.1) is 0 Å². The molecule has 0 fully saturated rings. The molecule has 6 nitrogen and oxygen atoms in total. The lowest BCUT2D eigenvalue weighted by molar-refractivity contribution is -0.648. The molecule has 6 heteroatoms. The summed E-state index contributed by atoms with van der Waals surface area (Å²) in [5, 5.41) is 0. The number of aryl methyl sites for hydroxylation is 1. The van der Waals surface area contributed by atoms with E-state index >= 15 is 0 Å². The number of hydrogen-bond acceptors (Lipinski definition) is 3. The summed E-state index contributed by atoms with van der Waals surface area (Å²) in [6, 6.07) is 4.12. The highest BCUT2D eigenvalue weighted by atomic mass is 15.3. The molecule has 5 rings (SSSR count). The van der Waals surface area contributed by atoms with Crippen molar-refractivity contribution >= 4 is 16.9 Å². The fraction of sp³-hybridized carbons (Fsp3) is 0.143. The van der Waals surface area contributed by atoms with Gasteiger partial charge >= 0.3 is 0 Å². The highest BCUT2D eigenvalue weighted by molar-refractivity contribution is 5.75. The largest absolute Gasteiger partial charge is 0.295 e. The van der Waals surface area contributed by atoms with E-state index in [1.54, 1.807) is 12.4 Å². The zero-order chi connectivity index (χ0) is 13.3. The van der Waals surface area contributed by atoms with Gasteiger partial charge in [0.2, 0.25) is 5.65 Å². The maximum Gasteiger partial charge on any atom is 0.295 e. The van der Waals surface area contributed by atoms with Crippen LogP contribution in [0.25, 0.3) is 28.5 Å². The number of aromatic nitrogens is 6. The average Bonchev–Trinajstić information content (AvgIpc) is 3.10. The van der Waals surface area contributed by atoms with Crippen molar-refractivity contribution in [3.05, 3.63) is 42.5 Å². The Balaban J connectivity index is 1.99. The maximum atomic E-state index is 4.67. The van der Waals surface area contributed by atoms with Gasteiger partial charge in [-0.25, -0.2) is 18.5 Å². The van der Waals surface area contributed by atoms with E-state index in [0.717, 1.165) is 35.0 Å². The predicted molar refractivity (Wildman–Crippen MR) is 72.0 cm³/mol. The Kier molecular flexibility index (Phi) is 1.62. The molecule has 20 heavy (non-hydrogen) atoms. The van der Waals surface area contributed by atoms with Crippen LogP contribution in [0.3, 0.4) is 0 Å². The molecule has 0 radical (unpaired) electrons. The highest BCUT2D eigenvalue weighted by Crippen LogP contribution is 2.28. The number of nitrogens with zero attached hydrogens (tertiary/aromatic N) is 6. The molecule has 4 aromatic rings. The Labute approximate surface area is 114 Å². The van der Waals surface area contributed by atoms with Crippen LogP contribution in [0.5, 0.6) is 0 Å². The zero-order valence-electron chi connectivity index (χ0n) is 10.9. The minimum atomic E-state index is 0.839. The first-order valence-corrected chi connectivity index (χ1v) is 6.49. The van der Waals surface area contributed by atoms with Crippen molar-refractivity contribution in [2.75, 3.05) is 0 Å². The fourth-order valence-corrected chi connectivity index (χ4v) is 3.11. The average molecular weight is 263 g/mol. The molecule has 0 saturated carbocycles. The van der Waals surface area contributed by atoms with E-state index < -0.39 is 0 Å². The topological polar surface area (TPSA) is 51.9 Å². The van der Waals surface area contributed by atoms with Gasteiger partial charge in [-0.1, -0.05) is 6.07 Å². The summed E-state index contributed by atoms with van der Waals surface area (Å²) in [5.74, 6) is 1.12. The van der Waals surface area contributed by atoms with Crippen molar-refractivity contribution in [1.82, 2.24) is 23.9 Å². The monoisotopic (exact) mass is 263 g/mol. The lowest BCUT2D eigenvalue weighted by Gasteiger charge is -1.94. The Hall–Kier alpha value is -2.76. The van der Waals surface area contributed by atoms with Crippen molar-refractivity contribution in [1.29, 1.82) is 0 Å². The smallest absolute Gasteiger partial charge is 0.256 e. The molecule has 0 atom stereocenters. The Morgan fingerprint density at radius 2 is 2.25 bits per heavy atom. The third-order valence-electron chi connectivity index (χ3n) is 3.97. The van der Waals surface area contributed by atoms with E-state index in [0.29, 0.717) is 0 Å². The molecule has 4 aromatic heterocycles. The van der Waals surface area contributed by atoms with Gasteiger partial charge in [0.05, 0.1) is 32.2 Å². The van der Waals surface area contributed by atoms with Gasteiger partial charge in [-0.05, 0) is 6.07 Å². The van der Waals surface area contributed by atoms with Crippen molar-refractivity contribution < 1.29 is 4.57 Å². The van der Waals surface area contributed by atoms with Gasteiger partial charge < -0.3 is 0 Å². The standard InChI is InChI=1S/C14H11N6/c1-18-12-14(19-6-5-15-7-10(19)17-12)20-8-9-3-2-4-16-11(9)13(18)20/h2-7H,8H2,1H3/q+1. The molecule has 1 aliphatic rings. The van der Waals surface area contributed by atoms with E-state index in [1.165, 1.54) is 5.56 Å². The molecule has 96 valence electrons. The molecule has 5 heterocycles. The summed E-state index contributed by atoms with van der Waals surface area (Å²) in [4.78, 5) is 13.3. The quantitative estimate of drug-likeness (QED) is 0.391. The first kappa shape index (κ1) is 10.1. The van der Waals surface area contributed by atoms with Gasteiger partial charge in [-0.15, -0.1) is 0 Å². The van der Waals surface area contributed by atoms with Gasteiger partial charge in [0.15, 0.2) is 0 Å². The minimum Gasteiger partial charge on any atom is -0.256 e. The number of rotatable bonds is 0. The molecule has 0 amide bonds. The molecular weight excluding hydrogens is 252 g/mol. The van der Waals surface area contributed by atoms with Crippen LogP contribution in [-0.4, -0.2) is 23.9 Å². The second-order valence-electron chi connectivity index (χ2n) is 5.04. The van der Waals surface area contributed by atoms with Crippen molar-refractivity contribution in [2.45, 2.75) is 6.54 Å². The highest BCUT2D eigenvalue weighted by Gasteiger charge is 2.34. The van der Waals surface area contributed by atoms with Crippen molar-refractivity contribution in [2.24, 2.45) is 7.05 Å². The molecule has 0 aliphatic carbocycles. The number of imidazole rings is 2. The van der Waals surface area contributed by atoms with Gasteiger partial charge in [0.25, 0.3) is 17.1 Å². The molecule has 0 N–H and O–H groups in total. The van der Waals surface area contributed by atoms with Crippen LogP contribution in [0.4, 0.5) is 0 Å². The van der Waals surface area contributed by atoms with E-state index in [1.807, 2.05) is 25.5 Å². The normalized spacial score (nSPS) is 13.1. The van der Waals surface area contributed by atoms with Crippen molar-refractivity contribution in [3.63, 3.8) is 0 Å². The molecular formula is C14H11N6+. The first-order chi connectivity index (χ1) is 9.84. The molecule has 0 spiro atoms. The fourth-order valence-electron chi connectivity index (χ4n) is 3.11. The third-order valence-corrected chi connectivity index (χ3v) is 3.97. The van der Waals surface area contributed by atoms with Crippen LogP contribution >= 0.6 is 0 Å². The van der Waals surface area contributed by atoms with E-state index in [9.17, 15) is 0 Å². The predicted octanol–water partition coefficient (Wildman–Crippen LogP) is 0.932. The Bertz CT molecular complexity index is 994. The summed E-state index contributed by atoms with van der Waals surface area (Å²) < 4.78 is 6.46. The summed E-state index contributed by atoms with van der Waals surface area (Å²) >= 11 is 0. The SMILES string of the molecule is Cn1c2[n+](c3c1nc1cnccn13)Cc1cccnc1-2. The molecule has 0 aromatic carbocycles. The summed E-state index contributed by atoms with van der Waals surface area (Å²) in [6.45, 7) is 0.839. The van der Waals surface area contributed by atoms with Crippen molar-refractivity contribution in [3.8, 4) is 11.5 Å². The van der Waals surface area contributed by atoms with Gasteiger partial charge in [-0.3, -0.25) is 4.98 Å². The summed E-state index contributed by atoms with van der Waals surface area (Å²) in [5.41, 5.74) is 5.23. The van der Waals surface area contributed by atoms with Crippen LogP contribution in [-0.2, 0) is 13.6 Å². The van der Waals surface area contributed by atoms with Gasteiger partial charge in [0, 0.05) is 11.8 Å². The second-order valence-corrected chi connectivity index (χ2v) is 5.04. The van der Waals surface area contributed by atoms with E-state index in [-0.39, 0.29) is 0 Å².